The molecule has 0 saturated heterocycles. The molecule has 0 atom stereocenters. The van der Waals surface area contributed by atoms with Crippen LogP contribution in [0.15, 0.2) is 30.3 Å². The summed E-state index contributed by atoms with van der Waals surface area (Å²) < 4.78 is 5.77. The van der Waals surface area contributed by atoms with Crippen molar-refractivity contribution >= 4 is 22.3 Å². The van der Waals surface area contributed by atoms with Gasteiger partial charge in [-0.25, -0.2) is 4.79 Å². The van der Waals surface area contributed by atoms with E-state index in [1.165, 1.54) is 17.8 Å². The maximum atomic E-state index is 12.8. The second-order valence-electron chi connectivity index (χ2n) is 6.02. The summed E-state index contributed by atoms with van der Waals surface area (Å²) in [6, 6.07) is 10.00. The molecule has 1 aromatic heterocycles. The lowest BCUT2D eigenvalue weighted by Crippen LogP contribution is -2.21. The van der Waals surface area contributed by atoms with Crippen molar-refractivity contribution in [2.75, 3.05) is 5.73 Å². The van der Waals surface area contributed by atoms with E-state index in [2.05, 4.69) is 6.92 Å². The molecule has 23 heavy (non-hydrogen) atoms. The molecular weight excluding hydrogens is 306 g/mol. The maximum absolute atomic E-state index is 12.8. The summed E-state index contributed by atoms with van der Waals surface area (Å²) in [5.74, 6) is -0.260. The van der Waals surface area contributed by atoms with Crippen molar-refractivity contribution in [1.29, 1.82) is 0 Å². The first-order valence-corrected chi connectivity index (χ1v) is 9.20. The summed E-state index contributed by atoms with van der Waals surface area (Å²) in [7, 11) is 0. The Morgan fingerprint density at radius 3 is 2.57 bits per heavy atom. The Bertz CT molecular complexity index is 672. The fourth-order valence-corrected chi connectivity index (χ4v) is 4.27. The highest BCUT2D eigenvalue weighted by Gasteiger charge is 2.26. The first-order chi connectivity index (χ1) is 11.2. The van der Waals surface area contributed by atoms with Gasteiger partial charge in [0, 0.05) is 10.4 Å². The lowest BCUT2D eigenvalue weighted by Gasteiger charge is -2.22. The van der Waals surface area contributed by atoms with Gasteiger partial charge < -0.3 is 10.5 Å². The second-order valence-corrected chi connectivity index (χ2v) is 7.16. The van der Waals surface area contributed by atoms with Crippen LogP contribution in [-0.2, 0) is 11.2 Å². The number of nitrogen functional groups attached to an aromatic ring is 1. The van der Waals surface area contributed by atoms with Gasteiger partial charge in [-0.15, -0.1) is 11.3 Å². The number of esters is 1. The van der Waals surface area contributed by atoms with Crippen LogP contribution in [0.2, 0.25) is 0 Å². The van der Waals surface area contributed by atoms with Crippen molar-refractivity contribution in [3.63, 3.8) is 0 Å². The van der Waals surface area contributed by atoms with Crippen LogP contribution in [0, 0.1) is 0 Å². The highest BCUT2D eigenvalue weighted by Crippen LogP contribution is 2.39. The molecule has 0 unspecified atom stereocenters. The molecule has 122 valence electrons. The number of carbonyl (C=O) groups is 1. The minimum atomic E-state index is -0.260. The Kier molecular flexibility index (Phi) is 5.01. The van der Waals surface area contributed by atoms with Crippen LogP contribution in [0.25, 0.3) is 11.1 Å². The molecule has 0 amide bonds. The fraction of sp³-hybridized carbons (Fsp3) is 0.421. The highest BCUT2D eigenvalue weighted by molar-refractivity contribution is 7.17. The van der Waals surface area contributed by atoms with E-state index in [0.717, 1.165) is 48.1 Å². The van der Waals surface area contributed by atoms with Crippen LogP contribution in [0.1, 0.15) is 54.3 Å². The van der Waals surface area contributed by atoms with E-state index in [0.29, 0.717) is 10.6 Å². The summed E-state index contributed by atoms with van der Waals surface area (Å²) in [5.41, 5.74) is 8.73. The smallest absolute Gasteiger partial charge is 0.342 e. The molecule has 1 heterocycles. The Morgan fingerprint density at radius 1 is 1.22 bits per heavy atom. The van der Waals surface area contributed by atoms with Gasteiger partial charge in [-0.3, -0.25) is 0 Å². The molecule has 1 saturated carbocycles. The number of ether oxygens (including phenoxy) is 1. The van der Waals surface area contributed by atoms with Gasteiger partial charge in [0.05, 0.1) is 0 Å². The molecule has 0 radical (unpaired) electrons. The van der Waals surface area contributed by atoms with Crippen molar-refractivity contribution in [2.45, 2.75) is 51.6 Å². The third-order valence-corrected chi connectivity index (χ3v) is 5.59. The quantitative estimate of drug-likeness (QED) is 0.799. The van der Waals surface area contributed by atoms with Crippen LogP contribution in [0.5, 0.6) is 0 Å². The Labute approximate surface area is 141 Å². The molecule has 1 aromatic carbocycles. The van der Waals surface area contributed by atoms with Gasteiger partial charge >= 0.3 is 5.97 Å². The van der Waals surface area contributed by atoms with Gasteiger partial charge in [0.1, 0.15) is 16.7 Å². The van der Waals surface area contributed by atoms with Gasteiger partial charge in [-0.05, 0) is 37.7 Å². The molecule has 0 spiro atoms. The number of hydrogen-bond acceptors (Lipinski definition) is 4. The molecule has 0 aliphatic heterocycles. The molecule has 0 bridgehead atoms. The van der Waals surface area contributed by atoms with Gasteiger partial charge in [-0.2, -0.15) is 0 Å². The molecule has 3 rings (SSSR count). The van der Waals surface area contributed by atoms with Crippen LogP contribution in [0.4, 0.5) is 5.00 Å². The van der Waals surface area contributed by atoms with E-state index >= 15 is 0 Å². The minimum absolute atomic E-state index is 0.0456. The first kappa shape index (κ1) is 16.1. The molecule has 1 aliphatic rings. The molecule has 2 N–H and O–H groups in total. The standard InChI is InChI=1S/C19H23NO2S/c1-2-15-16(13-9-5-3-6-10-13)17(18(20)23-15)19(21)22-14-11-7-4-8-12-14/h3,5-6,9-10,14H,2,4,7-8,11-12,20H2,1H3. The van der Waals surface area contributed by atoms with Gasteiger partial charge in [-0.1, -0.05) is 43.7 Å². The van der Waals surface area contributed by atoms with Gasteiger partial charge in [0.15, 0.2) is 0 Å². The summed E-state index contributed by atoms with van der Waals surface area (Å²) >= 11 is 1.50. The largest absolute Gasteiger partial charge is 0.459 e. The second kappa shape index (κ2) is 7.18. The highest BCUT2D eigenvalue weighted by atomic mass is 32.1. The third kappa shape index (κ3) is 3.42. The number of benzene rings is 1. The third-order valence-electron chi connectivity index (χ3n) is 4.42. The Hall–Kier alpha value is -1.81. The van der Waals surface area contributed by atoms with Crippen molar-refractivity contribution < 1.29 is 9.53 Å². The topological polar surface area (TPSA) is 52.3 Å². The van der Waals surface area contributed by atoms with Crippen molar-refractivity contribution in [1.82, 2.24) is 0 Å². The predicted molar refractivity (Wildman–Crippen MR) is 95.8 cm³/mol. The number of rotatable bonds is 4. The number of nitrogens with two attached hydrogens (primary N) is 1. The normalized spacial score (nSPS) is 15.5. The van der Waals surface area contributed by atoms with Crippen LogP contribution in [-0.4, -0.2) is 12.1 Å². The average molecular weight is 329 g/mol. The summed E-state index contributed by atoms with van der Waals surface area (Å²) in [4.78, 5) is 13.9. The van der Waals surface area contributed by atoms with E-state index < -0.39 is 0 Å². The summed E-state index contributed by atoms with van der Waals surface area (Å²) in [5, 5.41) is 0.571. The molecule has 2 aromatic rings. The zero-order chi connectivity index (χ0) is 16.2. The fourth-order valence-electron chi connectivity index (χ4n) is 3.25. The SMILES string of the molecule is CCc1sc(N)c(C(=O)OC2CCCCC2)c1-c1ccccc1. The van der Waals surface area contributed by atoms with Crippen LogP contribution in [0.3, 0.4) is 0 Å². The molecule has 4 heteroatoms. The molecule has 1 fully saturated rings. The summed E-state index contributed by atoms with van der Waals surface area (Å²) in [6.07, 6.45) is 6.36. The Morgan fingerprint density at radius 2 is 1.91 bits per heavy atom. The van der Waals surface area contributed by atoms with E-state index in [1.807, 2.05) is 30.3 Å². The Balaban J connectivity index is 1.94. The van der Waals surface area contributed by atoms with Crippen LogP contribution < -0.4 is 5.73 Å². The molecular formula is C19H23NO2S. The van der Waals surface area contributed by atoms with Crippen molar-refractivity contribution in [2.24, 2.45) is 0 Å². The number of thiophene rings is 1. The predicted octanol–water partition coefficient (Wildman–Crippen LogP) is 5.05. The monoisotopic (exact) mass is 329 g/mol. The van der Waals surface area contributed by atoms with Crippen molar-refractivity contribution in [3.8, 4) is 11.1 Å². The van der Waals surface area contributed by atoms with E-state index in [-0.39, 0.29) is 12.1 Å². The summed E-state index contributed by atoms with van der Waals surface area (Å²) in [6.45, 7) is 2.09. The first-order valence-electron chi connectivity index (χ1n) is 8.38. The number of aryl methyl sites for hydroxylation is 1. The number of anilines is 1. The lowest BCUT2D eigenvalue weighted by molar-refractivity contribution is 0.0213. The lowest BCUT2D eigenvalue weighted by atomic mass is 9.97. The van der Waals surface area contributed by atoms with Gasteiger partial charge in [0.25, 0.3) is 0 Å². The van der Waals surface area contributed by atoms with Gasteiger partial charge in [0.2, 0.25) is 0 Å². The van der Waals surface area contributed by atoms with Crippen LogP contribution >= 0.6 is 11.3 Å². The molecule has 3 nitrogen and oxygen atoms in total. The van der Waals surface area contributed by atoms with E-state index in [1.54, 1.807) is 0 Å². The van der Waals surface area contributed by atoms with Crippen molar-refractivity contribution in [3.05, 3.63) is 40.8 Å². The minimum Gasteiger partial charge on any atom is -0.459 e. The average Bonchev–Trinajstić information content (AvgIpc) is 2.93. The van der Waals surface area contributed by atoms with E-state index in [4.69, 9.17) is 10.5 Å². The number of carbonyl (C=O) groups excluding carboxylic acids is 1. The number of hydrogen-bond donors (Lipinski definition) is 1. The zero-order valence-electron chi connectivity index (χ0n) is 13.5. The van der Waals surface area contributed by atoms with E-state index in [9.17, 15) is 4.79 Å². The molecule has 1 aliphatic carbocycles. The zero-order valence-corrected chi connectivity index (χ0v) is 14.3. The maximum Gasteiger partial charge on any atom is 0.342 e.